The molecule has 0 amide bonds. The highest BCUT2D eigenvalue weighted by Gasteiger charge is 1.83. The molecule has 0 aliphatic carbocycles. The molecule has 0 radical (unpaired) electrons. The molecule has 0 fully saturated rings. The maximum atomic E-state index is 5.23. The van der Waals surface area contributed by atoms with Crippen molar-refractivity contribution in [1.82, 2.24) is 15.0 Å². The van der Waals surface area contributed by atoms with Gasteiger partial charge in [0.15, 0.2) is 0 Å². The first kappa shape index (κ1) is 12.4. The number of halogens is 2. The van der Waals surface area contributed by atoms with Crippen LogP contribution < -0.4 is 5.73 Å². The van der Waals surface area contributed by atoms with Crippen LogP contribution in [0.4, 0.5) is 0 Å². The van der Waals surface area contributed by atoms with E-state index in [1.807, 2.05) is 0 Å². The van der Waals surface area contributed by atoms with Gasteiger partial charge in [0.05, 0.1) is 12.7 Å². The molecule has 0 aliphatic rings. The van der Waals surface area contributed by atoms with Crippen LogP contribution in [0.25, 0.3) is 0 Å². The average molecular weight is 185 g/mol. The molecule has 1 heterocycles. The quantitative estimate of drug-likeness (QED) is 0.709. The maximum absolute atomic E-state index is 5.23. The van der Waals surface area contributed by atoms with Crippen LogP contribution >= 0.6 is 24.8 Å². The molecule has 0 saturated heterocycles. The molecule has 1 rings (SSSR count). The van der Waals surface area contributed by atoms with Gasteiger partial charge in [-0.3, -0.25) is 4.68 Å². The summed E-state index contributed by atoms with van der Waals surface area (Å²) in [5.41, 5.74) is 5.23. The van der Waals surface area contributed by atoms with Crippen molar-refractivity contribution in [2.24, 2.45) is 5.73 Å². The Hall–Kier alpha value is -0.320. The van der Waals surface area contributed by atoms with Crippen molar-refractivity contribution in [3.05, 3.63) is 12.4 Å². The van der Waals surface area contributed by atoms with Crippen LogP contribution in [0.3, 0.4) is 0 Å². The second-order valence-electron chi connectivity index (χ2n) is 1.45. The third-order valence-corrected chi connectivity index (χ3v) is 0.830. The lowest BCUT2D eigenvalue weighted by Gasteiger charge is -1.91. The lowest BCUT2D eigenvalue weighted by molar-refractivity contribution is 0.598. The smallest absolute Gasteiger partial charge is 0.0692 e. The third-order valence-electron chi connectivity index (χ3n) is 0.830. The van der Waals surface area contributed by atoms with Gasteiger partial charge in [-0.05, 0) is 0 Å². The van der Waals surface area contributed by atoms with E-state index in [0.717, 1.165) is 6.54 Å². The first-order valence-electron chi connectivity index (χ1n) is 2.47. The number of hydrogen-bond acceptors (Lipinski definition) is 3. The van der Waals surface area contributed by atoms with Crippen LogP contribution in [-0.2, 0) is 6.54 Å². The minimum atomic E-state index is 0. The van der Waals surface area contributed by atoms with Gasteiger partial charge in [-0.2, -0.15) is 0 Å². The summed E-state index contributed by atoms with van der Waals surface area (Å²) in [6.45, 7) is 1.36. The monoisotopic (exact) mass is 184 g/mol. The Morgan fingerprint density at radius 2 is 2.10 bits per heavy atom. The zero-order valence-corrected chi connectivity index (χ0v) is 6.94. The normalized spacial score (nSPS) is 7.70. The van der Waals surface area contributed by atoms with E-state index in [1.54, 1.807) is 17.1 Å². The molecule has 0 spiro atoms. The number of hydrogen-bond donors (Lipinski definition) is 1. The lowest BCUT2D eigenvalue weighted by atomic mass is 10.6. The van der Waals surface area contributed by atoms with E-state index in [0.29, 0.717) is 6.54 Å². The zero-order chi connectivity index (χ0) is 5.82. The molecule has 0 aliphatic heterocycles. The Labute approximate surface area is 71.6 Å². The molecular formula is C4H10Cl2N4. The largest absolute Gasteiger partial charge is 0.329 e. The summed E-state index contributed by atoms with van der Waals surface area (Å²) < 4.78 is 1.69. The fourth-order valence-corrected chi connectivity index (χ4v) is 0.484. The predicted octanol–water partition coefficient (Wildman–Crippen LogP) is 0.0804. The molecule has 2 N–H and O–H groups in total. The van der Waals surface area contributed by atoms with Crippen molar-refractivity contribution >= 4 is 24.8 Å². The van der Waals surface area contributed by atoms with Gasteiger partial charge in [0, 0.05) is 12.7 Å². The Kier molecular flexibility index (Phi) is 8.40. The fraction of sp³-hybridized carbons (Fsp3) is 0.500. The number of nitrogens with two attached hydrogens (primary N) is 1. The lowest BCUT2D eigenvalue weighted by Crippen LogP contribution is -2.09. The second-order valence-corrected chi connectivity index (χ2v) is 1.45. The first-order valence-corrected chi connectivity index (χ1v) is 2.47. The highest BCUT2D eigenvalue weighted by molar-refractivity contribution is 5.85. The van der Waals surface area contributed by atoms with Gasteiger partial charge < -0.3 is 5.73 Å². The van der Waals surface area contributed by atoms with E-state index < -0.39 is 0 Å². The van der Waals surface area contributed by atoms with E-state index in [4.69, 9.17) is 5.73 Å². The van der Waals surface area contributed by atoms with Crippen molar-refractivity contribution in [1.29, 1.82) is 0 Å². The highest BCUT2D eigenvalue weighted by Crippen LogP contribution is 1.75. The fourth-order valence-electron chi connectivity index (χ4n) is 0.484. The molecule has 0 bridgehead atoms. The highest BCUT2D eigenvalue weighted by atomic mass is 35.5. The van der Waals surface area contributed by atoms with Gasteiger partial charge in [-0.1, -0.05) is 5.21 Å². The van der Waals surface area contributed by atoms with Crippen molar-refractivity contribution in [3.8, 4) is 0 Å². The number of rotatable bonds is 2. The van der Waals surface area contributed by atoms with E-state index in [2.05, 4.69) is 10.3 Å². The van der Waals surface area contributed by atoms with Gasteiger partial charge in [0.1, 0.15) is 0 Å². The summed E-state index contributed by atoms with van der Waals surface area (Å²) in [4.78, 5) is 0. The molecule has 1 aromatic rings. The molecule has 0 aromatic carbocycles. The molecule has 0 unspecified atom stereocenters. The summed E-state index contributed by atoms with van der Waals surface area (Å²) in [6, 6.07) is 0. The predicted molar refractivity (Wildman–Crippen MR) is 43.6 cm³/mol. The first-order chi connectivity index (χ1) is 3.93. The van der Waals surface area contributed by atoms with Gasteiger partial charge in [0.25, 0.3) is 0 Å². The minimum Gasteiger partial charge on any atom is -0.329 e. The SMILES string of the molecule is Cl.Cl.NCCn1ccnn1. The Morgan fingerprint density at radius 1 is 1.40 bits per heavy atom. The molecule has 10 heavy (non-hydrogen) atoms. The average Bonchev–Trinajstić information content (AvgIpc) is 2.19. The van der Waals surface area contributed by atoms with Crippen molar-refractivity contribution < 1.29 is 0 Å². The molecule has 4 nitrogen and oxygen atoms in total. The summed E-state index contributed by atoms with van der Waals surface area (Å²) >= 11 is 0. The minimum absolute atomic E-state index is 0. The summed E-state index contributed by atoms with van der Waals surface area (Å²) in [5, 5.41) is 7.29. The van der Waals surface area contributed by atoms with Crippen molar-refractivity contribution in [2.45, 2.75) is 6.54 Å². The second kappa shape index (κ2) is 6.80. The molecule has 60 valence electrons. The third kappa shape index (κ3) is 3.66. The zero-order valence-electron chi connectivity index (χ0n) is 5.30. The van der Waals surface area contributed by atoms with E-state index in [-0.39, 0.29) is 24.8 Å². The topological polar surface area (TPSA) is 56.7 Å². The maximum Gasteiger partial charge on any atom is 0.0692 e. The number of nitrogens with zero attached hydrogens (tertiary/aromatic N) is 3. The number of aromatic nitrogens is 3. The Balaban J connectivity index is 0. The standard InChI is InChI=1S/C4H8N4.2ClH/c5-1-3-8-4-2-6-7-8;;/h2,4H,1,3,5H2;2*1H. The summed E-state index contributed by atoms with van der Waals surface area (Å²) in [5.74, 6) is 0. The van der Waals surface area contributed by atoms with E-state index >= 15 is 0 Å². The van der Waals surface area contributed by atoms with Crippen molar-refractivity contribution in [3.63, 3.8) is 0 Å². The van der Waals surface area contributed by atoms with Gasteiger partial charge in [0.2, 0.25) is 0 Å². The van der Waals surface area contributed by atoms with Crippen LogP contribution in [0.1, 0.15) is 0 Å². The van der Waals surface area contributed by atoms with E-state index in [1.165, 1.54) is 0 Å². The molecule has 1 aromatic heterocycles. The summed E-state index contributed by atoms with van der Waals surface area (Å²) in [7, 11) is 0. The Morgan fingerprint density at radius 3 is 2.50 bits per heavy atom. The van der Waals surface area contributed by atoms with Crippen LogP contribution in [0.15, 0.2) is 12.4 Å². The summed E-state index contributed by atoms with van der Waals surface area (Å²) in [6.07, 6.45) is 3.42. The van der Waals surface area contributed by atoms with Gasteiger partial charge in [-0.15, -0.1) is 29.9 Å². The van der Waals surface area contributed by atoms with Crippen molar-refractivity contribution in [2.75, 3.05) is 6.54 Å². The van der Waals surface area contributed by atoms with Crippen LogP contribution in [0.2, 0.25) is 0 Å². The van der Waals surface area contributed by atoms with E-state index in [9.17, 15) is 0 Å². The molecule has 6 heteroatoms. The molecule has 0 atom stereocenters. The molecular weight excluding hydrogens is 175 g/mol. The van der Waals surface area contributed by atoms with Gasteiger partial charge in [-0.25, -0.2) is 0 Å². The van der Waals surface area contributed by atoms with Crippen LogP contribution in [-0.4, -0.2) is 21.5 Å². The molecule has 0 saturated carbocycles. The van der Waals surface area contributed by atoms with Gasteiger partial charge >= 0.3 is 0 Å². The Bertz CT molecular complexity index is 141. The van der Waals surface area contributed by atoms with Crippen LogP contribution in [0.5, 0.6) is 0 Å². The van der Waals surface area contributed by atoms with Crippen LogP contribution in [0, 0.1) is 0 Å².